The van der Waals surface area contributed by atoms with Gasteiger partial charge in [-0.25, -0.2) is 19.5 Å². The molecule has 3 heterocycles. The molecule has 5 rings (SSSR count). The summed E-state index contributed by atoms with van der Waals surface area (Å²) in [5.74, 6) is 1.83. The number of pyridine rings is 1. The zero-order chi connectivity index (χ0) is 38.9. The Labute approximate surface area is 322 Å². The predicted molar refractivity (Wildman–Crippen MR) is 211 cm³/mol. The first-order chi connectivity index (χ1) is 25.6. The van der Waals surface area contributed by atoms with Crippen molar-refractivity contribution in [3.05, 3.63) is 71.6 Å². The number of rotatable bonds is 16. The molecule has 4 aromatic rings. The number of nitrogens with zero attached hydrogens (tertiary/aromatic N) is 5. The van der Waals surface area contributed by atoms with Gasteiger partial charge in [-0.1, -0.05) is 17.7 Å². The van der Waals surface area contributed by atoms with E-state index >= 15 is 0 Å². The van der Waals surface area contributed by atoms with Gasteiger partial charge in [0.15, 0.2) is 11.5 Å². The molecule has 0 saturated carbocycles. The van der Waals surface area contributed by atoms with Gasteiger partial charge < -0.3 is 25.0 Å². The van der Waals surface area contributed by atoms with Gasteiger partial charge in [0.2, 0.25) is 0 Å². The smallest absolute Gasteiger partial charge is 0.475 e. The van der Waals surface area contributed by atoms with E-state index < -0.39 is 19.0 Å². The number of piperazine rings is 1. The van der Waals surface area contributed by atoms with Crippen molar-refractivity contribution in [2.24, 2.45) is 0 Å². The first kappa shape index (κ1) is 41.3. The molecule has 0 atom stereocenters. The molecule has 2 aromatic heterocycles. The minimum absolute atomic E-state index is 0.255. The second-order valence-corrected chi connectivity index (χ2v) is 16.8. The standard InChI is InChI=1S/C38H51ClN7O7P/c1-37(2,3)52-54(48,53-38(4,5)6)51-21-19-46-17-15-45(16-18-46)14-9-20-50-33-24-31-30(23-32(33)49-7)35(42-26-41-31)43-29-12-13-34(40-25-29)44-36(47)27-10-8-11-28(39)22-27/h8,10-13,22-26H,9,14-21H2,1-7H3,(H,40,44,47)(H,41,42,43). The fourth-order valence-corrected chi connectivity index (χ4v) is 7.64. The summed E-state index contributed by atoms with van der Waals surface area (Å²) in [5, 5.41) is 7.28. The maximum Gasteiger partial charge on any atom is 0.475 e. The van der Waals surface area contributed by atoms with Crippen LogP contribution in [0.1, 0.15) is 58.3 Å². The van der Waals surface area contributed by atoms with Gasteiger partial charge in [0, 0.05) is 61.3 Å². The summed E-state index contributed by atoms with van der Waals surface area (Å²) >= 11 is 6.01. The number of aromatic nitrogens is 3. The Kier molecular flexibility index (Phi) is 13.9. The fourth-order valence-electron chi connectivity index (χ4n) is 5.66. The van der Waals surface area contributed by atoms with E-state index in [0.29, 0.717) is 58.1 Å². The van der Waals surface area contributed by atoms with Crippen molar-refractivity contribution in [1.29, 1.82) is 0 Å². The van der Waals surface area contributed by atoms with Crippen molar-refractivity contribution in [3.63, 3.8) is 0 Å². The molecule has 292 valence electrons. The monoisotopic (exact) mass is 783 g/mol. The highest BCUT2D eigenvalue weighted by atomic mass is 35.5. The van der Waals surface area contributed by atoms with Crippen molar-refractivity contribution < 1.29 is 32.4 Å². The van der Waals surface area contributed by atoms with Crippen LogP contribution in [0.2, 0.25) is 5.02 Å². The average Bonchev–Trinajstić information content (AvgIpc) is 3.09. The summed E-state index contributed by atoms with van der Waals surface area (Å²) in [5.41, 5.74) is 0.470. The van der Waals surface area contributed by atoms with E-state index in [1.165, 1.54) is 6.33 Å². The Hall–Kier alpha value is -3.88. The van der Waals surface area contributed by atoms with E-state index in [2.05, 4.69) is 35.4 Å². The lowest BCUT2D eigenvalue weighted by atomic mass is 10.2. The molecular formula is C38H51ClN7O7P. The number of fused-ring (bicyclic) bond motifs is 1. The first-order valence-electron chi connectivity index (χ1n) is 17.9. The average molecular weight is 784 g/mol. The van der Waals surface area contributed by atoms with E-state index in [4.69, 9.17) is 34.6 Å². The summed E-state index contributed by atoms with van der Waals surface area (Å²) in [4.78, 5) is 30.5. The molecule has 16 heteroatoms. The lowest BCUT2D eigenvalue weighted by molar-refractivity contribution is -0.000387. The van der Waals surface area contributed by atoms with Gasteiger partial charge in [-0.3, -0.25) is 23.3 Å². The maximum atomic E-state index is 13.3. The second kappa shape index (κ2) is 18.2. The molecule has 1 aliphatic rings. The lowest BCUT2D eigenvalue weighted by Crippen LogP contribution is -2.47. The van der Waals surface area contributed by atoms with Crippen LogP contribution in [-0.2, 0) is 18.1 Å². The molecule has 1 fully saturated rings. The molecule has 1 amide bonds. The number of ether oxygens (including phenoxy) is 2. The third-order valence-electron chi connectivity index (χ3n) is 8.04. The summed E-state index contributed by atoms with van der Waals surface area (Å²) in [7, 11) is -2.12. The lowest BCUT2D eigenvalue weighted by Gasteiger charge is -2.35. The van der Waals surface area contributed by atoms with E-state index in [0.717, 1.165) is 44.5 Å². The summed E-state index contributed by atoms with van der Waals surface area (Å²) in [6.45, 7) is 16.9. The third kappa shape index (κ3) is 12.6. The van der Waals surface area contributed by atoms with Crippen LogP contribution in [0.15, 0.2) is 61.1 Å². The number of carbonyl (C=O) groups is 1. The van der Waals surface area contributed by atoms with Crippen molar-refractivity contribution in [2.75, 3.05) is 70.2 Å². The number of benzene rings is 2. The summed E-state index contributed by atoms with van der Waals surface area (Å²) in [6.07, 6.45) is 3.93. The molecule has 1 saturated heterocycles. The molecule has 0 aliphatic carbocycles. The van der Waals surface area contributed by atoms with Gasteiger partial charge in [0.25, 0.3) is 5.91 Å². The van der Waals surface area contributed by atoms with E-state index in [-0.39, 0.29) is 12.5 Å². The highest BCUT2D eigenvalue weighted by Gasteiger charge is 2.37. The fraction of sp³-hybridized carbons (Fsp3) is 0.474. The van der Waals surface area contributed by atoms with Crippen LogP contribution >= 0.6 is 19.4 Å². The van der Waals surface area contributed by atoms with Crippen molar-refractivity contribution in [1.82, 2.24) is 24.8 Å². The molecule has 0 bridgehead atoms. The number of hydrogen-bond acceptors (Lipinski definition) is 13. The molecule has 2 N–H and O–H groups in total. The molecule has 0 spiro atoms. The van der Waals surface area contributed by atoms with Crippen molar-refractivity contribution in [3.8, 4) is 11.5 Å². The van der Waals surface area contributed by atoms with Crippen LogP contribution in [0.5, 0.6) is 11.5 Å². The Balaban J connectivity index is 1.08. The molecule has 0 unspecified atom stereocenters. The van der Waals surface area contributed by atoms with Crippen LogP contribution in [0.25, 0.3) is 10.9 Å². The van der Waals surface area contributed by atoms with Gasteiger partial charge in [0.05, 0.1) is 48.9 Å². The minimum atomic E-state index is -3.72. The number of methoxy groups -OCH3 is 1. The number of anilines is 3. The van der Waals surface area contributed by atoms with Crippen LogP contribution in [-0.4, -0.2) is 101 Å². The number of hydrogen-bond donors (Lipinski definition) is 2. The zero-order valence-corrected chi connectivity index (χ0v) is 33.7. The number of nitrogens with one attached hydrogen (secondary N) is 2. The Morgan fingerprint density at radius 3 is 2.20 bits per heavy atom. The van der Waals surface area contributed by atoms with Crippen LogP contribution in [0.4, 0.5) is 17.3 Å². The minimum Gasteiger partial charge on any atom is -0.493 e. The highest BCUT2D eigenvalue weighted by molar-refractivity contribution is 7.48. The Morgan fingerprint density at radius 2 is 1.57 bits per heavy atom. The van der Waals surface area contributed by atoms with Gasteiger partial charge in [-0.2, -0.15) is 0 Å². The van der Waals surface area contributed by atoms with E-state index in [1.54, 1.807) is 49.7 Å². The van der Waals surface area contributed by atoms with Crippen molar-refractivity contribution >= 4 is 53.6 Å². The molecule has 1 aliphatic heterocycles. The topological polar surface area (TPSA) is 149 Å². The highest BCUT2D eigenvalue weighted by Crippen LogP contribution is 2.55. The van der Waals surface area contributed by atoms with E-state index in [9.17, 15) is 9.36 Å². The van der Waals surface area contributed by atoms with Crippen LogP contribution in [0.3, 0.4) is 0 Å². The normalized spacial score (nSPS) is 14.6. The van der Waals surface area contributed by atoms with Gasteiger partial charge in [-0.15, -0.1) is 0 Å². The third-order valence-corrected chi connectivity index (χ3v) is 10.3. The Bertz CT molecular complexity index is 1890. The molecule has 54 heavy (non-hydrogen) atoms. The second-order valence-electron chi connectivity index (χ2n) is 14.8. The van der Waals surface area contributed by atoms with E-state index in [1.807, 2.05) is 53.7 Å². The maximum absolute atomic E-state index is 13.3. The number of carbonyl (C=O) groups excluding carboxylic acids is 1. The zero-order valence-electron chi connectivity index (χ0n) is 32.1. The Morgan fingerprint density at radius 1 is 0.870 bits per heavy atom. The number of halogens is 1. The van der Waals surface area contributed by atoms with Gasteiger partial charge in [-0.05, 0) is 84.4 Å². The first-order valence-corrected chi connectivity index (χ1v) is 19.8. The molecular weight excluding hydrogens is 733 g/mol. The molecule has 14 nitrogen and oxygen atoms in total. The number of amides is 1. The van der Waals surface area contributed by atoms with Crippen LogP contribution in [0, 0.1) is 0 Å². The van der Waals surface area contributed by atoms with Crippen LogP contribution < -0.4 is 20.1 Å². The summed E-state index contributed by atoms with van der Waals surface area (Å²) in [6, 6.07) is 13.9. The van der Waals surface area contributed by atoms with Gasteiger partial charge in [0.1, 0.15) is 18.0 Å². The van der Waals surface area contributed by atoms with Crippen molar-refractivity contribution in [2.45, 2.75) is 59.2 Å². The molecule has 2 aromatic carbocycles. The summed E-state index contributed by atoms with van der Waals surface area (Å²) < 4.78 is 42.4. The van der Waals surface area contributed by atoms with Gasteiger partial charge >= 0.3 is 7.82 Å². The number of phosphoric acid groups is 1. The number of phosphoric ester groups is 1. The predicted octanol–water partition coefficient (Wildman–Crippen LogP) is 7.82. The quantitative estimate of drug-likeness (QED) is 0.0841. The molecule has 0 radical (unpaired) electrons. The largest absolute Gasteiger partial charge is 0.493 e. The SMILES string of the molecule is COc1cc2c(Nc3ccc(NC(=O)c4cccc(Cl)c4)nc3)ncnc2cc1OCCCN1CCN(CCOP(=O)(OC(C)(C)C)OC(C)(C)C)CC1.